The number of pyridine rings is 1. The maximum absolute atomic E-state index is 13.2. The zero-order valence-electron chi connectivity index (χ0n) is 15.0. The summed E-state index contributed by atoms with van der Waals surface area (Å²) >= 11 is 0. The third kappa shape index (κ3) is 3.16. The fourth-order valence-electron chi connectivity index (χ4n) is 4.22. The van der Waals surface area contributed by atoms with Crippen molar-refractivity contribution in [2.75, 3.05) is 6.54 Å². The number of amides is 1. The number of benzene rings is 1. The molecule has 2 aromatic rings. The number of nitrogens with one attached hydrogen (secondary N) is 1. The number of aryl methyl sites for hydroxylation is 2. The van der Waals surface area contributed by atoms with E-state index in [-0.39, 0.29) is 12.1 Å². The highest BCUT2D eigenvalue weighted by Gasteiger charge is 2.37. The fraction of sp³-hybridized carbons (Fsp3) is 0.381. The molecular weight excluding hydrogens is 344 g/mol. The Balaban J connectivity index is 1.73. The number of aromatic amines is 1. The summed E-state index contributed by atoms with van der Waals surface area (Å²) in [6.07, 6.45) is 5.38. The summed E-state index contributed by atoms with van der Waals surface area (Å²) in [6, 6.07) is 7.89. The lowest BCUT2D eigenvalue weighted by molar-refractivity contribution is -0.143. The second-order valence-corrected chi connectivity index (χ2v) is 7.26. The minimum absolute atomic E-state index is 0.0429. The first-order valence-corrected chi connectivity index (χ1v) is 9.43. The van der Waals surface area contributed by atoms with E-state index in [0.29, 0.717) is 12.0 Å². The quantitative estimate of drug-likeness (QED) is 0.799. The van der Waals surface area contributed by atoms with E-state index in [1.54, 1.807) is 18.2 Å². The van der Waals surface area contributed by atoms with Crippen LogP contribution in [0.4, 0.5) is 0 Å². The molecule has 1 atom stereocenters. The van der Waals surface area contributed by atoms with Crippen LogP contribution in [0.3, 0.4) is 0 Å². The molecule has 0 bridgehead atoms. The van der Waals surface area contributed by atoms with Gasteiger partial charge in [-0.3, -0.25) is 9.59 Å². The number of carboxylic acids is 1. The Bertz CT molecular complexity index is 963. The van der Waals surface area contributed by atoms with Crippen molar-refractivity contribution in [2.24, 2.45) is 0 Å². The number of carboxylic acid groups (broad SMARTS) is 1. The minimum Gasteiger partial charge on any atom is -0.479 e. The Hall–Kier alpha value is -2.89. The predicted octanol–water partition coefficient (Wildman–Crippen LogP) is 2.47. The van der Waals surface area contributed by atoms with Gasteiger partial charge in [-0.1, -0.05) is 30.7 Å². The number of hydrogen-bond acceptors (Lipinski definition) is 3. The molecule has 6 heteroatoms. The van der Waals surface area contributed by atoms with Crippen molar-refractivity contribution in [3.05, 3.63) is 68.6 Å². The molecule has 1 aliphatic carbocycles. The molecule has 4 rings (SSSR count). The molecule has 27 heavy (non-hydrogen) atoms. The number of aliphatic carboxylic acids is 1. The number of aromatic nitrogens is 1. The van der Waals surface area contributed by atoms with Crippen LogP contribution in [0.1, 0.15) is 58.0 Å². The minimum atomic E-state index is -1.08. The van der Waals surface area contributed by atoms with Crippen molar-refractivity contribution in [1.82, 2.24) is 9.88 Å². The van der Waals surface area contributed by atoms with E-state index < -0.39 is 23.5 Å². The SMILES string of the molecule is O=C(O)C1c2ccccc2CCN1C(=O)c1cc2c([nH]c1=O)CCCCC2. The van der Waals surface area contributed by atoms with Gasteiger partial charge in [0.1, 0.15) is 5.56 Å². The maximum atomic E-state index is 13.2. The molecule has 1 aromatic heterocycles. The molecule has 1 aliphatic heterocycles. The lowest BCUT2D eigenvalue weighted by Gasteiger charge is -2.34. The van der Waals surface area contributed by atoms with Crippen molar-refractivity contribution in [3.63, 3.8) is 0 Å². The predicted molar refractivity (Wildman–Crippen MR) is 99.9 cm³/mol. The standard InChI is InChI=1S/C21H22N2O4/c24-19-16(12-14-7-2-1-3-9-17(14)22-19)20(25)23-11-10-13-6-4-5-8-15(13)18(23)21(26)27/h4-6,8,12,18H,1-3,7,9-11H2,(H,22,24)(H,26,27). The molecule has 0 saturated heterocycles. The van der Waals surface area contributed by atoms with Crippen LogP contribution in [0.5, 0.6) is 0 Å². The van der Waals surface area contributed by atoms with Gasteiger partial charge in [0.2, 0.25) is 0 Å². The summed E-state index contributed by atoms with van der Waals surface area (Å²) in [5, 5.41) is 9.77. The van der Waals surface area contributed by atoms with Crippen molar-refractivity contribution in [3.8, 4) is 0 Å². The molecule has 0 radical (unpaired) electrons. The summed E-state index contributed by atoms with van der Waals surface area (Å²) in [7, 11) is 0. The van der Waals surface area contributed by atoms with Crippen molar-refractivity contribution < 1.29 is 14.7 Å². The number of rotatable bonds is 2. The highest BCUT2D eigenvalue weighted by Crippen LogP contribution is 2.31. The van der Waals surface area contributed by atoms with Crippen molar-refractivity contribution in [1.29, 1.82) is 0 Å². The number of nitrogens with zero attached hydrogens (tertiary/aromatic N) is 1. The van der Waals surface area contributed by atoms with Gasteiger partial charge in [-0.15, -0.1) is 0 Å². The van der Waals surface area contributed by atoms with Crippen LogP contribution >= 0.6 is 0 Å². The van der Waals surface area contributed by atoms with E-state index in [4.69, 9.17) is 0 Å². The van der Waals surface area contributed by atoms with E-state index in [2.05, 4.69) is 4.98 Å². The number of carbonyl (C=O) groups excluding carboxylic acids is 1. The first-order chi connectivity index (χ1) is 13.1. The molecular formula is C21H22N2O4. The van der Waals surface area contributed by atoms with Crippen LogP contribution in [-0.4, -0.2) is 33.4 Å². The van der Waals surface area contributed by atoms with Gasteiger partial charge in [0.15, 0.2) is 6.04 Å². The summed E-state index contributed by atoms with van der Waals surface area (Å²) in [5.41, 5.74) is 3.08. The molecule has 1 aromatic carbocycles. The van der Waals surface area contributed by atoms with Gasteiger partial charge in [-0.05, 0) is 54.9 Å². The lowest BCUT2D eigenvalue weighted by atomic mass is 9.92. The largest absolute Gasteiger partial charge is 0.479 e. The zero-order chi connectivity index (χ0) is 19.0. The third-order valence-electron chi connectivity index (χ3n) is 5.60. The molecule has 1 amide bonds. The highest BCUT2D eigenvalue weighted by atomic mass is 16.4. The first kappa shape index (κ1) is 17.5. The average molecular weight is 366 g/mol. The Morgan fingerprint density at radius 1 is 1.04 bits per heavy atom. The van der Waals surface area contributed by atoms with Crippen LogP contribution < -0.4 is 5.56 Å². The monoisotopic (exact) mass is 366 g/mol. The van der Waals surface area contributed by atoms with Gasteiger partial charge in [-0.25, -0.2) is 4.79 Å². The number of carbonyl (C=O) groups is 2. The van der Waals surface area contributed by atoms with Crippen molar-refractivity contribution in [2.45, 2.75) is 44.6 Å². The van der Waals surface area contributed by atoms with Gasteiger partial charge in [0, 0.05) is 12.2 Å². The summed E-state index contributed by atoms with van der Waals surface area (Å²) in [4.78, 5) is 41.9. The number of H-pyrrole nitrogens is 1. The van der Waals surface area contributed by atoms with E-state index >= 15 is 0 Å². The van der Waals surface area contributed by atoms with E-state index in [0.717, 1.165) is 48.9 Å². The smallest absolute Gasteiger partial charge is 0.331 e. The molecule has 0 spiro atoms. The van der Waals surface area contributed by atoms with E-state index in [9.17, 15) is 19.5 Å². The van der Waals surface area contributed by atoms with Gasteiger partial charge in [0.25, 0.3) is 11.5 Å². The Labute approximate surface area is 156 Å². The molecule has 2 N–H and O–H groups in total. The van der Waals surface area contributed by atoms with Crippen LogP contribution in [0.2, 0.25) is 0 Å². The Kier molecular flexibility index (Phi) is 4.56. The molecule has 0 saturated carbocycles. The molecule has 0 fully saturated rings. The van der Waals surface area contributed by atoms with Crippen molar-refractivity contribution >= 4 is 11.9 Å². The van der Waals surface area contributed by atoms with Crippen LogP contribution in [0, 0.1) is 0 Å². The van der Waals surface area contributed by atoms with E-state index in [1.165, 1.54) is 4.90 Å². The van der Waals surface area contributed by atoms with Gasteiger partial charge in [0.05, 0.1) is 0 Å². The fourth-order valence-corrected chi connectivity index (χ4v) is 4.22. The van der Waals surface area contributed by atoms with Crippen LogP contribution in [0.25, 0.3) is 0 Å². The van der Waals surface area contributed by atoms with Gasteiger partial charge >= 0.3 is 5.97 Å². The Morgan fingerprint density at radius 3 is 2.63 bits per heavy atom. The average Bonchev–Trinajstić information content (AvgIpc) is 2.90. The summed E-state index contributed by atoms with van der Waals surface area (Å²) in [6.45, 7) is 0.281. The van der Waals surface area contributed by atoms with Gasteiger partial charge < -0.3 is 15.0 Å². The first-order valence-electron chi connectivity index (χ1n) is 9.43. The zero-order valence-corrected chi connectivity index (χ0v) is 15.0. The second kappa shape index (κ2) is 7.02. The molecule has 2 heterocycles. The summed E-state index contributed by atoms with van der Waals surface area (Å²) in [5.74, 6) is -1.59. The third-order valence-corrected chi connectivity index (χ3v) is 5.60. The van der Waals surface area contributed by atoms with Gasteiger partial charge in [-0.2, -0.15) is 0 Å². The Morgan fingerprint density at radius 2 is 1.81 bits per heavy atom. The summed E-state index contributed by atoms with van der Waals surface area (Å²) < 4.78 is 0. The molecule has 1 unspecified atom stereocenters. The van der Waals surface area contributed by atoms with Crippen LogP contribution in [-0.2, 0) is 24.1 Å². The highest BCUT2D eigenvalue weighted by molar-refractivity contribution is 5.97. The lowest BCUT2D eigenvalue weighted by Crippen LogP contribution is -2.45. The van der Waals surface area contributed by atoms with E-state index in [1.807, 2.05) is 12.1 Å². The maximum Gasteiger partial charge on any atom is 0.331 e. The van der Waals surface area contributed by atoms with Crippen LogP contribution in [0.15, 0.2) is 35.1 Å². The normalized spacial score (nSPS) is 19.0. The number of hydrogen-bond donors (Lipinski definition) is 2. The second-order valence-electron chi connectivity index (χ2n) is 7.26. The molecule has 140 valence electrons. The number of fused-ring (bicyclic) bond motifs is 2. The molecule has 6 nitrogen and oxygen atoms in total. The molecule has 2 aliphatic rings. The topological polar surface area (TPSA) is 90.5 Å².